The first-order valence-electron chi connectivity index (χ1n) is 20.4. The van der Waals surface area contributed by atoms with Crippen molar-refractivity contribution in [3.05, 3.63) is 182 Å². The topological polar surface area (TPSA) is 104 Å². The van der Waals surface area contributed by atoms with Gasteiger partial charge >= 0.3 is 0 Å². The summed E-state index contributed by atoms with van der Waals surface area (Å²) in [7, 11) is 0. The van der Waals surface area contributed by atoms with Crippen molar-refractivity contribution < 1.29 is 8.83 Å². The first-order valence-corrected chi connectivity index (χ1v) is 20.4. The largest absolute Gasteiger partial charge is 0.456 e. The molecule has 0 aliphatic carbocycles. The first kappa shape index (κ1) is 34.3. The Hall–Kier alpha value is -8.62. The van der Waals surface area contributed by atoms with Gasteiger partial charge in [0.15, 0.2) is 34.2 Å². The van der Waals surface area contributed by atoms with Gasteiger partial charge in [-0.1, -0.05) is 109 Å². The summed E-state index contributed by atoms with van der Waals surface area (Å²) in [6, 6.07) is 61.7. The van der Waals surface area contributed by atoms with E-state index in [0.29, 0.717) is 34.2 Å². The van der Waals surface area contributed by atoms with E-state index in [9.17, 15) is 0 Å². The predicted molar refractivity (Wildman–Crippen MR) is 250 cm³/mol. The second kappa shape index (κ2) is 13.5. The zero-order valence-corrected chi connectivity index (χ0v) is 32.8. The Kier molecular flexibility index (Phi) is 7.43. The molecule has 8 aromatic carbocycles. The summed E-state index contributed by atoms with van der Waals surface area (Å²) in [6.45, 7) is 0. The number of fused-ring (bicyclic) bond motifs is 24. The summed E-state index contributed by atoms with van der Waals surface area (Å²) in [5, 5.41) is 11.6. The van der Waals surface area contributed by atoms with Crippen molar-refractivity contribution in [2.45, 2.75) is 0 Å². The third kappa shape index (κ3) is 5.69. The Morgan fingerprint density at radius 2 is 0.565 bits per heavy atom. The molecule has 0 radical (unpaired) electrons. The van der Waals surface area contributed by atoms with E-state index in [4.69, 9.17) is 38.7 Å². The normalized spacial score (nSPS) is 11.9. The van der Waals surface area contributed by atoms with E-state index in [1.54, 1.807) is 0 Å². The first-order chi connectivity index (χ1) is 30.6. The highest BCUT2D eigenvalue weighted by Gasteiger charge is 2.14. The number of benzene rings is 8. The lowest BCUT2D eigenvalue weighted by atomic mass is 10.1. The summed E-state index contributed by atoms with van der Waals surface area (Å²) in [5.41, 5.74) is 7.34. The fourth-order valence-corrected chi connectivity index (χ4v) is 8.61. The second-order valence-corrected chi connectivity index (χ2v) is 15.6. The van der Waals surface area contributed by atoms with Gasteiger partial charge in [0, 0.05) is 54.2 Å². The van der Waals surface area contributed by atoms with Gasteiger partial charge in [-0.3, -0.25) is 0 Å². The number of rotatable bonds is 2. The fourth-order valence-electron chi connectivity index (χ4n) is 8.61. The quantitative estimate of drug-likeness (QED) is 0.170. The van der Waals surface area contributed by atoms with Crippen LogP contribution in [0.15, 0.2) is 191 Å². The average molecular weight is 795 g/mol. The van der Waals surface area contributed by atoms with Gasteiger partial charge in [-0.05, 0) is 94.3 Å². The zero-order valence-electron chi connectivity index (χ0n) is 32.8. The van der Waals surface area contributed by atoms with Crippen molar-refractivity contribution in [1.82, 2.24) is 29.9 Å². The van der Waals surface area contributed by atoms with Gasteiger partial charge in [-0.2, -0.15) is 0 Å². The highest BCUT2D eigenvalue weighted by Crippen LogP contribution is 2.34. The van der Waals surface area contributed by atoms with Crippen LogP contribution >= 0.6 is 0 Å². The highest BCUT2D eigenvalue weighted by molar-refractivity contribution is 6.07. The molecule has 13 rings (SSSR count). The van der Waals surface area contributed by atoms with Gasteiger partial charge in [-0.15, -0.1) is 0 Å². The van der Waals surface area contributed by atoms with E-state index in [-0.39, 0.29) is 0 Å². The molecule has 0 aliphatic heterocycles. The molecule has 0 aliphatic rings. The van der Waals surface area contributed by atoms with Crippen molar-refractivity contribution in [2.24, 2.45) is 0 Å². The molecule has 8 heteroatoms. The monoisotopic (exact) mass is 794 g/mol. The van der Waals surface area contributed by atoms with Crippen molar-refractivity contribution >= 4 is 110 Å². The lowest BCUT2D eigenvalue weighted by Crippen LogP contribution is -1.94. The number of hydrogen-bond acceptors (Lipinski definition) is 8. The molecule has 5 aromatic heterocycles. The molecule has 288 valence electrons. The van der Waals surface area contributed by atoms with Gasteiger partial charge in [0.1, 0.15) is 22.3 Å². The van der Waals surface area contributed by atoms with Crippen LogP contribution in [0.25, 0.3) is 132 Å². The number of aromatic nitrogens is 6. The number of hydrogen-bond donors (Lipinski definition) is 0. The fraction of sp³-hybridized carbons (Fsp3) is 0. The molecule has 13 aromatic rings. The van der Waals surface area contributed by atoms with Crippen LogP contribution < -0.4 is 0 Å². The van der Waals surface area contributed by atoms with E-state index >= 15 is 0 Å². The molecule has 0 amide bonds. The van der Waals surface area contributed by atoms with E-state index in [2.05, 4.69) is 72.8 Å². The van der Waals surface area contributed by atoms with Crippen molar-refractivity contribution in [2.75, 3.05) is 0 Å². The van der Waals surface area contributed by atoms with Crippen LogP contribution in [0.3, 0.4) is 0 Å². The van der Waals surface area contributed by atoms with Crippen molar-refractivity contribution in [3.8, 4) is 22.8 Å². The standard InChI is InChI=1S/C54H30N6O2/c1-3-19-45-41(17-1)43-29-39(21-23-47(43)61-45)53-57-49-35-13-5-9-31(25-35)33-11-7-15-37(27-33)51-56-52(38-16-8-12-34(28-38)32-10-6-14-36(26-32)50(55-49)58-53)60-54(59-51)40-22-24-48-44(30-40)42-18-2-4-20-46(42)62-48/h1-30H. The maximum atomic E-state index is 6.16. The summed E-state index contributed by atoms with van der Waals surface area (Å²) >= 11 is 0. The Labute approximate surface area is 351 Å². The number of nitrogens with zero attached hydrogens (tertiary/aromatic N) is 6. The molecular formula is C54H30N6O2. The molecule has 0 unspecified atom stereocenters. The Morgan fingerprint density at radius 1 is 0.242 bits per heavy atom. The molecule has 0 saturated heterocycles. The van der Waals surface area contributed by atoms with Gasteiger partial charge in [0.2, 0.25) is 0 Å². The van der Waals surface area contributed by atoms with Gasteiger partial charge in [-0.25, -0.2) is 29.9 Å². The molecule has 5 heterocycles. The predicted octanol–water partition coefficient (Wildman–Crippen LogP) is 13.8. The van der Waals surface area contributed by atoms with E-state index in [1.165, 1.54) is 0 Å². The lowest BCUT2D eigenvalue weighted by Gasteiger charge is -2.05. The minimum atomic E-state index is 0.572. The molecule has 0 saturated carbocycles. The number of furan rings is 2. The Bertz CT molecular complexity index is 3720. The molecule has 0 N–H and O–H groups in total. The molecule has 0 fully saturated rings. The summed E-state index contributed by atoms with van der Waals surface area (Å²) in [5.74, 6) is 1.15. The van der Waals surface area contributed by atoms with Crippen LogP contribution in [0.1, 0.15) is 0 Å². The average Bonchev–Trinajstić information content (AvgIpc) is 3.91. The van der Waals surface area contributed by atoms with Crippen molar-refractivity contribution in [1.29, 1.82) is 0 Å². The maximum absolute atomic E-state index is 6.16. The highest BCUT2D eigenvalue weighted by atomic mass is 16.3. The molecule has 12 bridgehead atoms. The number of para-hydroxylation sites is 2. The summed E-state index contributed by atoms with van der Waals surface area (Å²) < 4.78 is 12.3. The zero-order chi connectivity index (χ0) is 40.7. The van der Waals surface area contributed by atoms with Crippen molar-refractivity contribution in [3.63, 3.8) is 0 Å². The second-order valence-electron chi connectivity index (χ2n) is 15.6. The third-order valence-corrected chi connectivity index (χ3v) is 11.7. The maximum Gasteiger partial charge on any atom is 0.164 e. The van der Waals surface area contributed by atoms with Gasteiger partial charge in [0.25, 0.3) is 0 Å². The van der Waals surface area contributed by atoms with E-state index < -0.39 is 0 Å². The van der Waals surface area contributed by atoms with Crippen LogP contribution in [-0.2, 0) is 0 Å². The summed E-state index contributed by atoms with van der Waals surface area (Å²) in [6.07, 6.45) is 0. The minimum Gasteiger partial charge on any atom is -0.456 e. The molecule has 0 atom stereocenters. The lowest BCUT2D eigenvalue weighted by molar-refractivity contribution is 0.668. The minimum absolute atomic E-state index is 0.572. The third-order valence-electron chi connectivity index (χ3n) is 11.7. The van der Waals surface area contributed by atoms with Crippen LogP contribution in [0.4, 0.5) is 0 Å². The van der Waals surface area contributed by atoms with Crippen LogP contribution in [0.5, 0.6) is 0 Å². The van der Waals surface area contributed by atoms with Gasteiger partial charge in [0.05, 0.1) is 0 Å². The summed E-state index contributed by atoms with van der Waals surface area (Å²) in [4.78, 5) is 30.9. The van der Waals surface area contributed by atoms with Crippen LogP contribution in [0.2, 0.25) is 0 Å². The van der Waals surface area contributed by atoms with E-state index in [1.807, 2.05) is 109 Å². The Morgan fingerprint density at radius 3 is 0.935 bits per heavy atom. The van der Waals surface area contributed by atoms with Crippen LogP contribution in [0, 0.1) is 0 Å². The van der Waals surface area contributed by atoms with Crippen LogP contribution in [-0.4, -0.2) is 29.9 Å². The Balaban J connectivity index is 1.11. The molecular weight excluding hydrogens is 765 g/mol. The molecule has 8 nitrogen and oxygen atoms in total. The molecule has 62 heavy (non-hydrogen) atoms. The SMILES string of the molecule is c1cc2cc(c1)c1nc(-c3ccc4oc5ccccc5c4c3)nc(n1)c1cccc(c1)c1cccc(c1)c1nc(-c3ccc4oc5ccccc5c4c3)nc(n1)c1cccc2c1. The smallest absolute Gasteiger partial charge is 0.164 e. The van der Waals surface area contributed by atoms with Gasteiger partial charge < -0.3 is 8.83 Å². The van der Waals surface area contributed by atoms with E-state index in [0.717, 1.165) is 98.1 Å². The molecule has 0 spiro atoms.